The van der Waals surface area contributed by atoms with E-state index in [4.69, 9.17) is 9.47 Å². The number of hydrogen-bond acceptors (Lipinski definition) is 5. The zero-order valence-corrected chi connectivity index (χ0v) is 10.6. The maximum Gasteiger partial charge on any atom is 0.272 e. The number of aromatic amines is 2. The van der Waals surface area contributed by atoms with Crippen molar-refractivity contribution < 1.29 is 9.47 Å². The highest BCUT2D eigenvalue weighted by Crippen LogP contribution is 2.16. The van der Waals surface area contributed by atoms with Crippen molar-refractivity contribution in [2.24, 2.45) is 0 Å². The second-order valence-corrected chi connectivity index (χ2v) is 3.92. The molecule has 0 amide bonds. The standard InChI is InChI=1S/C12H15N3O4/c1-18-9(19-2)6-13-8-5-3-4-7-10(8)12(17)15-14-11(7)16/h3-5,9,13H,6H2,1-2H3,(H,14,16)(H,15,17). The van der Waals surface area contributed by atoms with Gasteiger partial charge in [-0.1, -0.05) is 6.07 Å². The second kappa shape index (κ2) is 5.68. The molecule has 7 nitrogen and oxygen atoms in total. The Kier molecular flexibility index (Phi) is 3.98. The summed E-state index contributed by atoms with van der Waals surface area (Å²) >= 11 is 0. The number of H-pyrrole nitrogens is 2. The molecule has 0 spiro atoms. The van der Waals surface area contributed by atoms with Gasteiger partial charge < -0.3 is 14.8 Å². The largest absolute Gasteiger partial charge is 0.379 e. The van der Waals surface area contributed by atoms with Crippen LogP contribution < -0.4 is 16.4 Å². The van der Waals surface area contributed by atoms with Crippen LogP contribution >= 0.6 is 0 Å². The molecule has 1 aromatic carbocycles. The quantitative estimate of drug-likeness (QED) is 0.673. The van der Waals surface area contributed by atoms with Crippen molar-refractivity contribution in [2.45, 2.75) is 6.29 Å². The Balaban J connectivity index is 2.42. The van der Waals surface area contributed by atoms with Crippen LogP contribution in [0.1, 0.15) is 0 Å². The molecule has 0 fully saturated rings. The van der Waals surface area contributed by atoms with Crippen LogP contribution in [0, 0.1) is 0 Å². The normalized spacial score (nSPS) is 11.1. The first kappa shape index (κ1) is 13.3. The lowest BCUT2D eigenvalue weighted by molar-refractivity contribution is -0.0913. The molecule has 19 heavy (non-hydrogen) atoms. The Morgan fingerprint density at radius 3 is 2.53 bits per heavy atom. The fourth-order valence-corrected chi connectivity index (χ4v) is 1.83. The van der Waals surface area contributed by atoms with E-state index in [0.29, 0.717) is 23.0 Å². The average molecular weight is 265 g/mol. The highest BCUT2D eigenvalue weighted by atomic mass is 16.7. The summed E-state index contributed by atoms with van der Waals surface area (Å²) in [6.07, 6.45) is -0.434. The lowest BCUT2D eigenvalue weighted by Crippen LogP contribution is -2.25. The van der Waals surface area contributed by atoms with E-state index >= 15 is 0 Å². The van der Waals surface area contributed by atoms with Crippen molar-refractivity contribution in [3.63, 3.8) is 0 Å². The molecule has 2 aromatic rings. The van der Waals surface area contributed by atoms with Crippen LogP contribution in [-0.4, -0.2) is 37.3 Å². The zero-order chi connectivity index (χ0) is 13.8. The summed E-state index contributed by atoms with van der Waals surface area (Å²) in [7, 11) is 3.05. The number of hydrogen-bond donors (Lipinski definition) is 3. The van der Waals surface area contributed by atoms with Gasteiger partial charge in [-0.05, 0) is 12.1 Å². The molecule has 2 rings (SSSR count). The van der Waals surface area contributed by atoms with Crippen LogP contribution in [0.25, 0.3) is 10.8 Å². The van der Waals surface area contributed by atoms with Gasteiger partial charge in [0.25, 0.3) is 11.1 Å². The number of anilines is 1. The number of benzene rings is 1. The van der Waals surface area contributed by atoms with Gasteiger partial charge >= 0.3 is 0 Å². The number of methoxy groups -OCH3 is 2. The smallest absolute Gasteiger partial charge is 0.272 e. The van der Waals surface area contributed by atoms with E-state index in [9.17, 15) is 9.59 Å². The lowest BCUT2D eigenvalue weighted by Gasteiger charge is -2.15. The number of ether oxygens (including phenoxy) is 2. The van der Waals surface area contributed by atoms with Gasteiger partial charge in [-0.25, -0.2) is 0 Å². The molecular weight excluding hydrogens is 250 g/mol. The molecule has 0 radical (unpaired) electrons. The molecule has 102 valence electrons. The van der Waals surface area contributed by atoms with Crippen molar-refractivity contribution in [1.29, 1.82) is 0 Å². The van der Waals surface area contributed by atoms with Gasteiger partial charge in [-0.3, -0.25) is 19.8 Å². The van der Waals surface area contributed by atoms with Crippen molar-refractivity contribution in [3.8, 4) is 0 Å². The molecule has 0 saturated heterocycles. The topological polar surface area (TPSA) is 96.2 Å². The van der Waals surface area contributed by atoms with E-state index in [1.807, 2.05) is 0 Å². The van der Waals surface area contributed by atoms with Crippen molar-refractivity contribution >= 4 is 16.5 Å². The van der Waals surface area contributed by atoms with E-state index in [0.717, 1.165) is 0 Å². The number of nitrogens with one attached hydrogen (secondary N) is 3. The summed E-state index contributed by atoms with van der Waals surface area (Å²) in [4.78, 5) is 23.4. The van der Waals surface area contributed by atoms with Gasteiger partial charge in [0, 0.05) is 19.9 Å². The average Bonchev–Trinajstić information content (AvgIpc) is 2.44. The summed E-state index contributed by atoms with van der Waals surface area (Å²) in [6.45, 7) is 0.359. The third-order valence-corrected chi connectivity index (χ3v) is 2.81. The molecular formula is C12H15N3O4. The Morgan fingerprint density at radius 2 is 1.84 bits per heavy atom. The third kappa shape index (κ3) is 2.67. The number of rotatable bonds is 5. The van der Waals surface area contributed by atoms with Gasteiger partial charge in [0.1, 0.15) is 0 Å². The molecule has 0 atom stereocenters. The maximum absolute atomic E-state index is 11.8. The fourth-order valence-electron chi connectivity index (χ4n) is 1.83. The fraction of sp³-hybridized carbons (Fsp3) is 0.333. The minimum atomic E-state index is -0.434. The number of fused-ring (bicyclic) bond motifs is 1. The van der Waals surface area contributed by atoms with Crippen molar-refractivity contribution in [1.82, 2.24) is 10.2 Å². The minimum absolute atomic E-state index is 0.317. The minimum Gasteiger partial charge on any atom is -0.379 e. The van der Waals surface area contributed by atoms with E-state index < -0.39 is 6.29 Å². The second-order valence-electron chi connectivity index (χ2n) is 3.92. The molecule has 0 aliphatic heterocycles. The van der Waals surface area contributed by atoms with Gasteiger partial charge in [0.2, 0.25) is 0 Å². The summed E-state index contributed by atoms with van der Waals surface area (Å²) < 4.78 is 10.1. The van der Waals surface area contributed by atoms with Gasteiger partial charge in [-0.2, -0.15) is 0 Å². The first-order valence-electron chi connectivity index (χ1n) is 5.70. The first-order chi connectivity index (χ1) is 9.17. The zero-order valence-electron chi connectivity index (χ0n) is 10.6. The van der Waals surface area contributed by atoms with E-state index in [1.165, 1.54) is 14.2 Å². The van der Waals surface area contributed by atoms with Crippen LogP contribution in [0.5, 0.6) is 0 Å². The SMILES string of the molecule is COC(CNc1cccc2c(=O)[nH][nH]c(=O)c12)OC. The lowest BCUT2D eigenvalue weighted by atomic mass is 10.1. The molecule has 0 aliphatic rings. The molecule has 0 saturated carbocycles. The van der Waals surface area contributed by atoms with Gasteiger partial charge in [-0.15, -0.1) is 0 Å². The number of aromatic nitrogens is 2. The molecule has 1 aromatic heterocycles. The molecule has 0 aliphatic carbocycles. The Morgan fingerprint density at radius 1 is 1.16 bits per heavy atom. The van der Waals surface area contributed by atoms with Gasteiger partial charge in [0.05, 0.1) is 17.3 Å². The van der Waals surface area contributed by atoms with Crippen LogP contribution in [0.3, 0.4) is 0 Å². The van der Waals surface area contributed by atoms with Crippen LogP contribution in [0.4, 0.5) is 5.69 Å². The van der Waals surface area contributed by atoms with Crippen molar-refractivity contribution in [3.05, 3.63) is 38.9 Å². The summed E-state index contributed by atoms with van der Waals surface area (Å²) in [5.41, 5.74) is -0.138. The monoisotopic (exact) mass is 265 g/mol. The third-order valence-electron chi connectivity index (χ3n) is 2.81. The Bertz CT molecular complexity index is 672. The van der Waals surface area contributed by atoms with Crippen LogP contribution in [0.15, 0.2) is 27.8 Å². The molecule has 1 heterocycles. The van der Waals surface area contributed by atoms with E-state index in [2.05, 4.69) is 15.5 Å². The maximum atomic E-state index is 11.8. The molecule has 3 N–H and O–H groups in total. The molecule has 0 bridgehead atoms. The van der Waals surface area contributed by atoms with Crippen LogP contribution in [-0.2, 0) is 9.47 Å². The Labute approximate surface area is 108 Å². The highest BCUT2D eigenvalue weighted by Gasteiger charge is 2.10. The van der Waals surface area contributed by atoms with E-state index in [-0.39, 0.29) is 11.1 Å². The molecule has 7 heteroatoms. The van der Waals surface area contributed by atoms with E-state index in [1.54, 1.807) is 18.2 Å². The predicted octanol–water partition coefficient (Wildman–Crippen LogP) is 0.247. The molecule has 0 unspecified atom stereocenters. The summed E-state index contributed by atoms with van der Waals surface area (Å²) in [6, 6.07) is 5.02. The first-order valence-corrected chi connectivity index (χ1v) is 5.70. The van der Waals surface area contributed by atoms with Gasteiger partial charge in [0.15, 0.2) is 6.29 Å². The van der Waals surface area contributed by atoms with Crippen molar-refractivity contribution in [2.75, 3.05) is 26.1 Å². The Hall–Kier alpha value is -2.12. The van der Waals surface area contributed by atoms with Crippen LogP contribution in [0.2, 0.25) is 0 Å². The predicted molar refractivity (Wildman–Crippen MR) is 71.5 cm³/mol. The summed E-state index contributed by atoms with van der Waals surface area (Å²) in [5.74, 6) is 0. The summed E-state index contributed by atoms with van der Waals surface area (Å²) in [5, 5.41) is 8.27. The highest BCUT2D eigenvalue weighted by molar-refractivity contribution is 5.92.